The van der Waals surface area contributed by atoms with Crippen molar-refractivity contribution in [3.05, 3.63) is 68.8 Å². The molecule has 1 amide bonds. The highest BCUT2D eigenvalue weighted by atomic mass is 35.5. The number of carbonyl (C=O) groups is 1. The van der Waals surface area contributed by atoms with Crippen LogP contribution in [0.3, 0.4) is 0 Å². The van der Waals surface area contributed by atoms with E-state index in [2.05, 4.69) is 10.6 Å². The molecule has 4 nitrogen and oxygen atoms in total. The Morgan fingerprint density at radius 1 is 1.07 bits per heavy atom. The van der Waals surface area contributed by atoms with Gasteiger partial charge in [0.1, 0.15) is 11.6 Å². The van der Waals surface area contributed by atoms with E-state index in [0.29, 0.717) is 6.07 Å². The number of rotatable bonds is 4. The van der Waals surface area contributed by atoms with E-state index in [9.17, 15) is 18.0 Å². The van der Waals surface area contributed by atoms with Crippen LogP contribution in [-0.4, -0.2) is 5.91 Å². The first kappa shape index (κ1) is 20.9. The third-order valence-electron chi connectivity index (χ3n) is 3.22. The van der Waals surface area contributed by atoms with E-state index in [1.165, 1.54) is 6.07 Å². The molecular weight excluding hydrogens is 426 g/mol. The van der Waals surface area contributed by atoms with Gasteiger partial charge in [0.2, 0.25) is 0 Å². The summed E-state index contributed by atoms with van der Waals surface area (Å²) in [6.07, 6.45) is -3.64. The van der Waals surface area contributed by atoms with E-state index < -0.39 is 28.2 Å². The molecule has 140 valence electrons. The van der Waals surface area contributed by atoms with E-state index in [1.807, 2.05) is 0 Å². The van der Waals surface area contributed by atoms with Gasteiger partial charge in [-0.2, -0.15) is 18.4 Å². The number of carbonyl (C=O) groups excluding carboxylic acids is 1. The van der Waals surface area contributed by atoms with Crippen LogP contribution in [0, 0.1) is 11.3 Å². The molecule has 0 saturated carbocycles. The van der Waals surface area contributed by atoms with Crippen molar-refractivity contribution in [2.24, 2.45) is 0 Å². The highest BCUT2D eigenvalue weighted by Gasteiger charge is 2.33. The minimum absolute atomic E-state index is 0.173. The van der Waals surface area contributed by atoms with Gasteiger partial charge in [-0.25, -0.2) is 0 Å². The lowest BCUT2D eigenvalue weighted by Crippen LogP contribution is -2.15. The van der Waals surface area contributed by atoms with Crippen LogP contribution in [0.1, 0.15) is 5.56 Å². The number of para-hydroxylation sites is 1. The molecule has 0 aliphatic rings. The lowest BCUT2D eigenvalue weighted by Gasteiger charge is -2.12. The molecular formula is C17H9Cl3F3N3O. The van der Waals surface area contributed by atoms with E-state index in [-0.39, 0.29) is 21.4 Å². The minimum Gasteiger partial charge on any atom is -0.358 e. The van der Waals surface area contributed by atoms with Gasteiger partial charge in [-0.15, -0.1) is 0 Å². The molecule has 2 rings (SSSR count). The van der Waals surface area contributed by atoms with Gasteiger partial charge >= 0.3 is 6.18 Å². The third-order valence-corrected chi connectivity index (χ3v) is 4.18. The van der Waals surface area contributed by atoms with Crippen LogP contribution < -0.4 is 10.6 Å². The number of amides is 1. The van der Waals surface area contributed by atoms with Crippen LogP contribution in [-0.2, 0) is 11.0 Å². The molecule has 0 fully saturated rings. The Bertz CT molecular complexity index is 932. The smallest absolute Gasteiger partial charge is 0.358 e. The molecule has 10 heteroatoms. The van der Waals surface area contributed by atoms with Gasteiger partial charge in [-0.3, -0.25) is 4.79 Å². The topological polar surface area (TPSA) is 64.9 Å². The van der Waals surface area contributed by atoms with Crippen LogP contribution in [0.25, 0.3) is 0 Å². The molecule has 27 heavy (non-hydrogen) atoms. The Morgan fingerprint density at radius 3 is 2.26 bits per heavy atom. The van der Waals surface area contributed by atoms with Crippen LogP contribution in [0.2, 0.25) is 15.1 Å². The molecule has 0 saturated heterocycles. The summed E-state index contributed by atoms with van der Waals surface area (Å²) in [4.78, 5) is 12.2. The van der Waals surface area contributed by atoms with E-state index >= 15 is 0 Å². The number of nitriles is 1. The fourth-order valence-corrected chi connectivity index (χ4v) is 2.68. The van der Waals surface area contributed by atoms with Gasteiger partial charge in [0, 0.05) is 11.9 Å². The average molecular weight is 435 g/mol. The van der Waals surface area contributed by atoms with Crippen molar-refractivity contribution >= 4 is 52.1 Å². The van der Waals surface area contributed by atoms with Crippen molar-refractivity contribution in [1.29, 1.82) is 5.26 Å². The van der Waals surface area contributed by atoms with Gasteiger partial charge < -0.3 is 10.6 Å². The van der Waals surface area contributed by atoms with Gasteiger partial charge in [0.15, 0.2) is 0 Å². The number of nitrogens with zero attached hydrogens (tertiary/aromatic N) is 1. The maximum absolute atomic E-state index is 12.9. The second-order valence-electron chi connectivity index (χ2n) is 5.06. The number of alkyl halides is 3. The molecule has 0 spiro atoms. The Kier molecular flexibility index (Phi) is 6.60. The zero-order valence-electron chi connectivity index (χ0n) is 13.2. The number of hydrogen-bond donors (Lipinski definition) is 2. The maximum atomic E-state index is 12.9. The standard InChI is InChI=1S/C17H9Cl3F3N3O/c18-12-5-4-10(6-11(12)17(21,22)23)26-16(27)9(7-24)8-25-15-13(19)2-1-3-14(15)20/h1-6,8,25H,(H,26,27)/b9-8-. The first-order valence-corrected chi connectivity index (χ1v) is 8.25. The predicted molar refractivity (Wildman–Crippen MR) is 98.9 cm³/mol. The summed E-state index contributed by atoms with van der Waals surface area (Å²) in [5.74, 6) is -0.927. The monoisotopic (exact) mass is 433 g/mol. The van der Waals surface area contributed by atoms with Crippen LogP contribution in [0.4, 0.5) is 24.5 Å². The maximum Gasteiger partial charge on any atom is 0.417 e. The quantitative estimate of drug-likeness (QED) is 0.450. The van der Waals surface area contributed by atoms with Crippen molar-refractivity contribution in [3.63, 3.8) is 0 Å². The van der Waals surface area contributed by atoms with Gasteiger partial charge in [0.05, 0.1) is 26.3 Å². The summed E-state index contributed by atoms with van der Waals surface area (Å²) in [6, 6.07) is 9.19. The highest BCUT2D eigenvalue weighted by molar-refractivity contribution is 6.39. The van der Waals surface area contributed by atoms with E-state index in [1.54, 1.807) is 24.3 Å². The summed E-state index contributed by atoms with van der Waals surface area (Å²) in [7, 11) is 0. The van der Waals surface area contributed by atoms with E-state index in [0.717, 1.165) is 12.3 Å². The largest absolute Gasteiger partial charge is 0.417 e. The molecule has 0 aliphatic carbocycles. The Morgan fingerprint density at radius 2 is 1.70 bits per heavy atom. The fraction of sp³-hybridized carbons (Fsp3) is 0.0588. The molecule has 2 aromatic carbocycles. The van der Waals surface area contributed by atoms with Crippen molar-refractivity contribution in [3.8, 4) is 6.07 Å². The second kappa shape index (κ2) is 8.53. The van der Waals surface area contributed by atoms with E-state index in [4.69, 9.17) is 40.1 Å². The summed E-state index contributed by atoms with van der Waals surface area (Å²) < 4.78 is 38.6. The minimum atomic E-state index is -4.69. The number of nitrogens with one attached hydrogen (secondary N) is 2. The Hall–Kier alpha value is -2.40. The lowest BCUT2D eigenvalue weighted by molar-refractivity contribution is -0.137. The Labute approximate surface area is 167 Å². The van der Waals surface area contributed by atoms with Crippen molar-refractivity contribution in [2.45, 2.75) is 6.18 Å². The summed E-state index contributed by atoms with van der Waals surface area (Å²) in [5.41, 5.74) is -1.42. The number of hydrogen-bond acceptors (Lipinski definition) is 3. The molecule has 0 aliphatic heterocycles. The zero-order valence-corrected chi connectivity index (χ0v) is 15.4. The van der Waals surface area contributed by atoms with Crippen molar-refractivity contribution < 1.29 is 18.0 Å². The second-order valence-corrected chi connectivity index (χ2v) is 6.28. The summed E-state index contributed by atoms with van der Waals surface area (Å²) in [5, 5.41) is 14.0. The molecule has 2 aromatic rings. The van der Waals surface area contributed by atoms with Crippen LogP contribution in [0.15, 0.2) is 48.2 Å². The molecule has 0 heterocycles. The van der Waals surface area contributed by atoms with Gasteiger partial charge in [-0.1, -0.05) is 40.9 Å². The number of benzene rings is 2. The first-order valence-electron chi connectivity index (χ1n) is 7.12. The lowest BCUT2D eigenvalue weighted by atomic mass is 10.2. The normalized spacial score (nSPS) is 11.7. The molecule has 0 radical (unpaired) electrons. The molecule has 0 unspecified atom stereocenters. The van der Waals surface area contributed by atoms with Crippen molar-refractivity contribution in [1.82, 2.24) is 0 Å². The predicted octanol–water partition coefficient (Wildman–Crippen LogP) is 6.12. The first-order chi connectivity index (χ1) is 12.6. The molecule has 0 aromatic heterocycles. The van der Waals surface area contributed by atoms with Crippen LogP contribution >= 0.6 is 34.8 Å². The number of anilines is 2. The fourth-order valence-electron chi connectivity index (χ4n) is 1.95. The molecule has 2 N–H and O–H groups in total. The summed E-state index contributed by atoms with van der Waals surface area (Å²) in [6.45, 7) is 0. The summed E-state index contributed by atoms with van der Waals surface area (Å²) >= 11 is 17.4. The van der Waals surface area contributed by atoms with Crippen molar-refractivity contribution in [2.75, 3.05) is 10.6 Å². The highest BCUT2D eigenvalue weighted by Crippen LogP contribution is 2.36. The van der Waals surface area contributed by atoms with Gasteiger partial charge in [-0.05, 0) is 30.3 Å². The third kappa shape index (κ3) is 5.30. The Balaban J connectivity index is 2.22. The zero-order chi connectivity index (χ0) is 20.2. The van der Waals surface area contributed by atoms with Crippen LogP contribution in [0.5, 0.6) is 0 Å². The SMILES string of the molecule is N#C/C(=C/Nc1c(Cl)cccc1Cl)C(=O)Nc1ccc(Cl)c(C(F)(F)F)c1. The molecule has 0 atom stereocenters. The number of halogens is 6. The average Bonchev–Trinajstić information content (AvgIpc) is 2.58. The van der Waals surface area contributed by atoms with Gasteiger partial charge in [0.25, 0.3) is 5.91 Å². The molecule has 0 bridgehead atoms.